The molecule has 8 rings (SSSR count). The molecule has 3 fully saturated rings. The number of azo groups is 1. The summed E-state index contributed by atoms with van der Waals surface area (Å²) in [6, 6.07) is 0. The number of ketones is 2. The van der Waals surface area contributed by atoms with Crippen molar-refractivity contribution in [3.8, 4) is 0 Å². The van der Waals surface area contributed by atoms with Crippen molar-refractivity contribution in [3.63, 3.8) is 0 Å². The van der Waals surface area contributed by atoms with E-state index < -0.39 is 51.4 Å². The highest BCUT2D eigenvalue weighted by atomic mass is 33.4. The lowest BCUT2D eigenvalue weighted by Gasteiger charge is -2.57. The number of carbonyl (C=O) groups is 2. The molecule has 0 aromatic rings. The van der Waals surface area contributed by atoms with Crippen LogP contribution in [0.2, 0.25) is 0 Å². The average molecular weight is 1170 g/mol. The van der Waals surface area contributed by atoms with Gasteiger partial charge in [0.15, 0.2) is 17.3 Å². The van der Waals surface area contributed by atoms with E-state index in [2.05, 4.69) is 46.5 Å². The van der Waals surface area contributed by atoms with E-state index in [-0.39, 0.29) is 78.2 Å². The Morgan fingerprint density at radius 1 is 0.632 bits per heavy atom. The fourth-order valence-electron chi connectivity index (χ4n) is 13.6. The number of Topliss-reactive ketones (excluding diaryl/α,β-unsaturated/α-hetero) is 2. The number of fused-ring (bicyclic) bond motifs is 10. The normalized spacial score (nSPS) is 41.5. The zero-order valence-corrected chi connectivity index (χ0v) is 49.5. The van der Waals surface area contributed by atoms with Gasteiger partial charge < -0.3 is 40.1 Å². The molecule has 0 radical (unpaired) electrons. The number of aliphatic hydroxyl groups excluding tert-OH is 2. The van der Waals surface area contributed by atoms with Crippen molar-refractivity contribution in [2.75, 3.05) is 26.4 Å². The van der Waals surface area contributed by atoms with Crippen LogP contribution >= 0.6 is 0 Å². The minimum atomic E-state index is -1.75. The molecule has 382 valence electrons. The van der Waals surface area contributed by atoms with E-state index in [0.29, 0.717) is 48.3 Å². The van der Waals surface area contributed by atoms with Gasteiger partial charge in [-0.1, -0.05) is 52.0 Å². The van der Waals surface area contributed by atoms with Crippen molar-refractivity contribution in [3.05, 3.63) is 46.6 Å². The van der Waals surface area contributed by atoms with Gasteiger partial charge in [0.1, 0.15) is 11.2 Å². The van der Waals surface area contributed by atoms with E-state index in [1.165, 1.54) is 17.8 Å². The van der Waals surface area contributed by atoms with Crippen molar-refractivity contribution in [2.24, 2.45) is 63.0 Å². The summed E-state index contributed by atoms with van der Waals surface area (Å²) in [5, 5.41) is 76.3. The minimum absolute atomic E-state index is 0.00936. The van der Waals surface area contributed by atoms with Gasteiger partial charge in [0.2, 0.25) is 0 Å². The molecule has 1 unspecified atom stereocenters. The molecule has 0 bridgehead atoms. The van der Waals surface area contributed by atoms with Crippen LogP contribution in [0.1, 0.15) is 94.9 Å². The number of carbonyl (C=O) groups excluding carboxylic acids is 2. The summed E-state index contributed by atoms with van der Waals surface area (Å²) >= 11 is 9.38. The van der Waals surface area contributed by atoms with E-state index in [0.717, 1.165) is 0 Å². The third kappa shape index (κ3) is 9.61. The number of hydrogen-bond acceptors (Lipinski definition) is 14. The predicted molar refractivity (Wildman–Crippen MR) is 295 cm³/mol. The maximum Gasteiger partial charge on any atom is 0.190 e. The zero-order valence-electron chi connectivity index (χ0n) is 39.7. The molecule has 0 aromatic carbocycles. The fourth-order valence-corrected chi connectivity index (χ4v) is 35.6. The largest absolute Gasteiger partial charge is 0.392 e. The van der Waals surface area contributed by atoms with Crippen LogP contribution in [0, 0.1) is 52.8 Å². The standard InChI is InChI=1S/C22H32N2O5.C22H32O5.S12/c1-6-29-21-9-13(3)22(28)15(17(21)19(4,5)23-24-21)8-14(11-25)10-20(27)16(22)7-12(2)18(20)26;1-6-27-21-9-13(3)22(26)15(17(21)19(21,4)5)8-14(11-23)10-20(25)16(22)7-12(2)18(20)24;1-3-5-7-9-11-12-10-8-6-4-2/h7-8,13,15-17,25,27-28H,6,9-11H2,1-5H3;7-8,13,15-17,23,25-26H,6,9-11H2,1-5H3;/t13-,15+,16-,17-,20-,21?,22-;13-,15+,16-,17-,20-,21+,22-;/m11./s1. The predicted octanol–water partition coefficient (Wildman–Crippen LogP) is 4.14. The molecule has 7 aliphatic carbocycles. The number of rotatable bonds is 6. The van der Waals surface area contributed by atoms with E-state index in [4.69, 9.17) is 9.47 Å². The smallest absolute Gasteiger partial charge is 0.190 e. The summed E-state index contributed by atoms with van der Waals surface area (Å²) in [5.41, 5.74) is -5.83. The van der Waals surface area contributed by atoms with Crippen LogP contribution in [-0.4, -0.2) is 108 Å². The van der Waals surface area contributed by atoms with Gasteiger partial charge >= 0.3 is 0 Å². The summed E-state index contributed by atoms with van der Waals surface area (Å²) < 4.78 is 12.4. The van der Waals surface area contributed by atoms with Crippen molar-refractivity contribution in [1.82, 2.24) is 0 Å². The summed E-state index contributed by atoms with van der Waals surface area (Å²) in [6.45, 7) is 20.1. The Morgan fingerprint density at radius 3 is 1.46 bits per heavy atom. The Balaban J connectivity index is 0.000000182. The number of aliphatic hydroxyl groups is 6. The van der Waals surface area contributed by atoms with Crippen molar-refractivity contribution in [1.29, 1.82) is 0 Å². The second-order valence-corrected chi connectivity index (χ2v) is 38.0. The van der Waals surface area contributed by atoms with Crippen LogP contribution in [0.15, 0.2) is 56.8 Å². The third-order valence-corrected chi connectivity index (χ3v) is 36.2. The molecule has 0 saturated heterocycles. The zero-order chi connectivity index (χ0) is 50.5. The molecule has 0 aromatic heterocycles. The molecular weight excluding hydrogens is 1100 g/mol. The quantitative estimate of drug-likeness (QED) is 0.208. The Hall–Kier alpha value is 0.220. The lowest BCUT2D eigenvalue weighted by Crippen LogP contribution is -2.67. The first kappa shape index (κ1) is 57.5. The van der Waals surface area contributed by atoms with Crippen LogP contribution in [0.3, 0.4) is 0 Å². The first-order valence-electron chi connectivity index (χ1n) is 22.5. The molecule has 3 saturated carbocycles. The Morgan fingerprint density at radius 2 is 1.04 bits per heavy atom. The van der Waals surface area contributed by atoms with E-state index >= 15 is 0 Å². The van der Waals surface area contributed by atoms with E-state index in [1.54, 1.807) is 97.0 Å². The van der Waals surface area contributed by atoms with Crippen LogP contribution in [0.5, 0.6) is 0 Å². The van der Waals surface area contributed by atoms with Gasteiger partial charge in [-0.05, 0) is 82.1 Å². The molecule has 68 heavy (non-hydrogen) atoms. The summed E-state index contributed by atoms with van der Waals surface area (Å²) in [6.07, 6.45) is 8.51. The Bertz CT molecular complexity index is 2650. The van der Waals surface area contributed by atoms with E-state index in [1.807, 2.05) is 53.7 Å². The highest BCUT2D eigenvalue weighted by Crippen LogP contribution is 2.76. The van der Waals surface area contributed by atoms with Gasteiger partial charge in [-0.2, -0.15) is 10.2 Å². The van der Waals surface area contributed by atoms with Crippen molar-refractivity contribution >= 4 is 123 Å². The molecule has 1 aliphatic heterocycles. The van der Waals surface area contributed by atoms with Gasteiger partial charge in [-0.25, -0.2) is 0 Å². The SMILES string of the molecule is CCOC12C[C@@H](C)[C@@]3(O)[C@@H](C=C(CO)C[C@]4(O)C(=O)C(C)=C[C@@H]34)[C@@H]1C(C)(C)N=N2.CCO[C@@]12C[C@@H](C)[C@@]3(O)[C@@H](C=C(CO)C[C@]4(O)C(=O)C(C)=C[C@@H]34)[C@@H]1C2(C)C.S=S=S=S=S=S=S=S=S=S=S=S. The molecular formula is C44H64N2O10S12. The van der Waals surface area contributed by atoms with Gasteiger partial charge in [0.05, 0.1) is 35.6 Å². The van der Waals surface area contributed by atoms with Gasteiger partial charge in [0, 0.05) is 185 Å². The average Bonchev–Trinajstić information content (AvgIpc) is 3.41. The topological polar surface area (TPSA) is 199 Å². The van der Waals surface area contributed by atoms with Gasteiger partial charge in [-0.3, -0.25) is 9.59 Å². The van der Waals surface area contributed by atoms with Crippen molar-refractivity contribution in [2.45, 2.75) is 134 Å². The summed E-state index contributed by atoms with van der Waals surface area (Å²) in [5.74, 6) is -3.58. The maximum absolute atomic E-state index is 12.9. The van der Waals surface area contributed by atoms with Crippen LogP contribution < -0.4 is 0 Å². The molecule has 0 amide bonds. The highest BCUT2D eigenvalue weighted by Gasteiger charge is 2.82. The first-order valence-corrected chi connectivity index (χ1v) is 37.2. The summed E-state index contributed by atoms with van der Waals surface area (Å²) in [7, 11) is 16.3. The monoisotopic (exact) mass is 1160 g/mol. The van der Waals surface area contributed by atoms with E-state index in [9.17, 15) is 40.2 Å². The second kappa shape index (κ2) is 21.8. The lowest BCUT2D eigenvalue weighted by molar-refractivity contribution is -0.225. The Labute approximate surface area is 438 Å². The fraction of sp³-hybridized carbons (Fsp3) is 0.773. The Kier molecular flexibility index (Phi) is 18.5. The minimum Gasteiger partial charge on any atom is -0.392 e. The summed E-state index contributed by atoms with van der Waals surface area (Å²) in [4.78, 5) is 25.7. The molecule has 14 atom stereocenters. The maximum atomic E-state index is 12.9. The number of hydrogen-bond donors (Lipinski definition) is 6. The molecule has 1 heterocycles. The molecule has 6 N–H and O–H groups in total. The van der Waals surface area contributed by atoms with Crippen LogP contribution in [0.25, 0.3) is 0 Å². The number of nitrogens with zero attached hydrogens (tertiary/aromatic N) is 2. The molecule has 8 aliphatic rings. The molecule has 0 spiro atoms. The first-order chi connectivity index (χ1) is 31.9. The second-order valence-electron chi connectivity index (χ2n) is 20.3. The van der Waals surface area contributed by atoms with Crippen LogP contribution in [0.4, 0.5) is 0 Å². The van der Waals surface area contributed by atoms with Crippen LogP contribution in [-0.2, 0) is 130 Å². The molecule has 24 heteroatoms. The lowest BCUT2D eigenvalue weighted by atomic mass is 9.52. The highest BCUT2D eigenvalue weighted by molar-refractivity contribution is 8.75. The van der Waals surface area contributed by atoms with Gasteiger partial charge in [0.25, 0.3) is 0 Å². The molecule has 12 nitrogen and oxygen atoms in total. The van der Waals surface area contributed by atoms with Crippen molar-refractivity contribution < 1.29 is 49.7 Å². The third-order valence-electron chi connectivity index (χ3n) is 16.2. The van der Waals surface area contributed by atoms with Gasteiger partial charge in [-0.15, -0.1) is 0 Å². The number of ether oxygens (including phenoxy) is 2.